The highest BCUT2D eigenvalue weighted by Crippen LogP contribution is 2.25. The number of pyridine rings is 1. The second-order valence-electron chi connectivity index (χ2n) is 3.63. The highest BCUT2D eigenvalue weighted by atomic mass is 16.5. The van der Waals surface area contributed by atoms with Crippen LogP contribution in [-0.2, 0) is 0 Å². The minimum Gasteiger partial charge on any atom is -0.481 e. The van der Waals surface area contributed by atoms with E-state index in [9.17, 15) is 0 Å². The number of likely N-dealkylation sites (N-methyl/N-ethyl adjacent to an activating group) is 1. The van der Waals surface area contributed by atoms with Crippen molar-refractivity contribution in [2.45, 2.75) is 13.0 Å². The predicted octanol–water partition coefficient (Wildman–Crippen LogP) is 0.781. The molecule has 0 fully saturated rings. The maximum Gasteiger partial charge on any atom is 0.212 e. The second-order valence-corrected chi connectivity index (χ2v) is 3.63. The highest BCUT2D eigenvalue weighted by Gasteiger charge is 2.26. The van der Waals surface area contributed by atoms with Crippen LogP contribution in [0.25, 0.3) is 0 Å². The Bertz CT molecular complexity index is 387. The van der Waals surface area contributed by atoms with Crippen LogP contribution in [0, 0.1) is 0 Å². The quantitative estimate of drug-likeness (QED) is 0.817. The van der Waals surface area contributed by atoms with Crippen LogP contribution < -0.4 is 10.5 Å². The summed E-state index contributed by atoms with van der Waals surface area (Å²) in [7, 11) is 1.61. The lowest BCUT2D eigenvalue weighted by Crippen LogP contribution is -2.35. The molecule has 0 bridgehead atoms. The number of guanidine groups is 1. The Kier molecular flexibility index (Phi) is 2.94. The first-order chi connectivity index (χ1) is 7.76. The molecule has 2 rings (SSSR count). The van der Waals surface area contributed by atoms with Crippen LogP contribution in [0.3, 0.4) is 0 Å². The number of rotatable bonds is 3. The van der Waals surface area contributed by atoms with Gasteiger partial charge in [0.05, 0.1) is 19.7 Å². The number of nitrogens with zero attached hydrogens (tertiary/aromatic N) is 3. The molecule has 1 atom stereocenters. The van der Waals surface area contributed by atoms with Crippen molar-refractivity contribution in [1.82, 2.24) is 9.88 Å². The van der Waals surface area contributed by atoms with E-state index in [1.54, 1.807) is 7.11 Å². The van der Waals surface area contributed by atoms with Crippen molar-refractivity contribution in [2.75, 3.05) is 20.2 Å². The van der Waals surface area contributed by atoms with Crippen molar-refractivity contribution in [3.05, 3.63) is 23.9 Å². The molecule has 1 aliphatic rings. The normalized spacial score (nSPS) is 19.8. The zero-order chi connectivity index (χ0) is 11.5. The van der Waals surface area contributed by atoms with Gasteiger partial charge in [0.1, 0.15) is 0 Å². The molecule has 2 N–H and O–H groups in total. The first-order valence-electron chi connectivity index (χ1n) is 5.32. The molecule has 1 aromatic heterocycles. The highest BCUT2D eigenvalue weighted by molar-refractivity contribution is 5.80. The summed E-state index contributed by atoms with van der Waals surface area (Å²) in [5.41, 5.74) is 6.92. The van der Waals surface area contributed by atoms with Gasteiger partial charge in [-0.1, -0.05) is 0 Å². The van der Waals surface area contributed by atoms with E-state index in [1.807, 2.05) is 18.3 Å². The number of hydrogen-bond acceptors (Lipinski definition) is 5. The van der Waals surface area contributed by atoms with E-state index in [0.29, 0.717) is 18.4 Å². The van der Waals surface area contributed by atoms with Crippen LogP contribution in [-0.4, -0.2) is 36.0 Å². The Labute approximate surface area is 94.9 Å². The van der Waals surface area contributed by atoms with Gasteiger partial charge in [0.15, 0.2) is 5.96 Å². The lowest BCUT2D eigenvalue weighted by Gasteiger charge is -2.24. The van der Waals surface area contributed by atoms with Gasteiger partial charge >= 0.3 is 0 Å². The molecular weight excluding hydrogens is 204 g/mol. The average molecular weight is 220 g/mol. The Morgan fingerprint density at radius 3 is 2.94 bits per heavy atom. The first kappa shape index (κ1) is 10.7. The summed E-state index contributed by atoms with van der Waals surface area (Å²) in [6, 6.07) is 4.08. The predicted molar refractivity (Wildman–Crippen MR) is 62.4 cm³/mol. The summed E-state index contributed by atoms with van der Waals surface area (Å²) in [6.07, 6.45) is 1.82. The van der Waals surface area contributed by atoms with Crippen molar-refractivity contribution in [1.29, 1.82) is 0 Å². The van der Waals surface area contributed by atoms with Gasteiger partial charge < -0.3 is 15.4 Å². The summed E-state index contributed by atoms with van der Waals surface area (Å²) in [4.78, 5) is 10.5. The molecule has 0 saturated carbocycles. The van der Waals surface area contributed by atoms with E-state index < -0.39 is 0 Å². The van der Waals surface area contributed by atoms with Crippen LogP contribution in [0.1, 0.15) is 18.5 Å². The number of aromatic nitrogens is 1. The maximum atomic E-state index is 5.80. The molecule has 0 spiro atoms. The third kappa shape index (κ3) is 1.80. The maximum absolute atomic E-state index is 5.80. The average Bonchev–Trinajstić information content (AvgIpc) is 2.70. The molecule has 0 aliphatic carbocycles. The molecule has 0 amide bonds. The van der Waals surface area contributed by atoms with Gasteiger partial charge in [0.25, 0.3) is 0 Å². The van der Waals surface area contributed by atoms with E-state index in [1.165, 1.54) is 0 Å². The molecule has 1 aliphatic heterocycles. The number of ether oxygens (including phenoxy) is 1. The molecule has 1 unspecified atom stereocenters. The summed E-state index contributed by atoms with van der Waals surface area (Å²) in [5.74, 6) is 1.24. The largest absolute Gasteiger partial charge is 0.481 e. The number of hydrogen-bond donors (Lipinski definition) is 1. The van der Waals surface area contributed by atoms with Gasteiger partial charge in [-0.3, -0.25) is 4.99 Å². The molecule has 5 heteroatoms. The SMILES string of the molecule is CCN1C(N)=NCC1c1ccc(OC)nc1. The van der Waals surface area contributed by atoms with E-state index in [4.69, 9.17) is 10.5 Å². The van der Waals surface area contributed by atoms with Crippen molar-refractivity contribution in [2.24, 2.45) is 10.7 Å². The molecule has 2 heterocycles. The van der Waals surface area contributed by atoms with Gasteiger partial charge in [0.2, 0.25) is 5.88 Å². The first-order valence-corrected chi connectivity index (χ1v) is 5.32. The molecule has 1 aromatic rings. The van der Waals surface area contributed by atoms with E-state index in [-0.39, 0.29) is 6.04 Å². The fourth-order valence-electron chi connectivity index (χ4n) is 1.91. The van der Waals surface area contributed by atoms with E-state index in [2.05, 4.69) is 21.8 Å². The zero-order valence-corrected chi connectivity index (χ0v) is 9.55. The Morgan fingerprint density at radius 2 is 2.38 bits per heavy atom. The van der Waals surface area contributed by atoms with Crippen LogP contribution in [0.5, 0.6) is 5.88 Å². The van der Waals surface area contributed by atoms with Crippen molar-refractivity contribution in [3.63, 3.8) is 0 Å². The van der Waals surface area contributed by atoms with E-state index in [0.717, 1.165) is 12.1 Å². The summed E-state index contributed by atoms with van der Waals surface area (Å²) in [5, 5.41) is 0. The van der Waals surface area contributed by atoms with Crippen LogP contribution in [0.15, 0.2) is 23.3 Å². The van der Waals surface area contributed by atoms with Crippen molar-refractivity contribution in [3.8, 4) is 5.88 Å². The summed E-state index contributed by atoms with van der Waals surface area (Å²) >= 11 is 0. The summed E-state index contributed by atoms with van der Waals surface area (Å²) < 4.78 is 5.03. The second kappa shape index (κ2) is 4.38. The fourth-order valence-corrected chi connectivity index (χ4v) is 1.91. The smallest absolute Gasteiger partial charge is 0.212 e. The number of methoxy groups -OCH3 is 1. The van der Waals surface area contributed by atoms with Crippen LogP contribution >= 0.6 is 0 Å². The molecule has 0 radical (unpaired) electrons. The zero-order valence-electron chi connectivity index (χ0n) is 9.55. The number of nitrogens with two attached hydrogens (primary N) is 1. The minimum atomic E-state index is 0.211. The van der Waals surface area contributed by atoms with Gasteiger partial charge in [-0.25, -0.2) is 4.98 Å². The van der Waals surface area contributed by atoms with Crippen molar-refractivity contribution >= 4 is 5.96 Å². The molecule has 16 heavy (non-hydrogen) atoms. The van der Waals surface area contributed by atoms with Gasteiger partial charge in [-0.05, 0) is 18.6 Å². The standard InChI is InChI=1S/C11H16N4O/c1-3-15-9(7-14-11(15)12)8-4-5-10(16-2)13-6-8/h4-6,9H,3,7H2,1-2H3,(H2,12,14). The third-order valence-corrected chi connectivity index (χ3v) is 2.79. The molecule has 0 aromatic carbocycles. The monoisotopic (exact) mass is 220 g/mol. The summed E-state index contributed by atoms with van der Waals surface area (Å²) in [6.45, 7) is 3.62. The molecular formula is C11H16N4O. The Hall–Kier alpha value is -1.78. The van der Waals surface area contributed by atoms with E-state index >= 15 is 0 Å². The Balaban J connectivity index is 2.18. The Morgan fingerprint density at radius 1 is 1.56 bits per heavy atom. The third-order valence-electron chi connectivity index (χ3n) is 2.79. The van der Waals surface area contributed by atoms with Crippen LogP contribution in [0.4, 0.5) is 0 Å². The topological polar surface area (TPSA) is 63.7 Å². The minimum absolute atomic E-state index is 0.211. The lowest BCUT2D eigenvalue weighted by molar-refractivity contribution is 0.361. The van der Waals surface area contributed by atoms with Gasteiger partial charge in [-0.15, -0.1) is 0 Å². The molecule has 5 nitrogen and oxygen atoms in total. The molecule has 86 valence electrons. The molecule has 0 saturated heterocycles. The van der Waals surface area contributed by atoms with Crippen LogP contribution in [0.2, 0.25) is 0 Å². The van der Waals surface area contributed by atoms with Crippen molar-refractivity contribution < 1.29 is 4.74 Å². The number of aliphatic imine (C=N–C) groups is 1. The lowest BCUT2D eigenvalue weighted by atomic mass is 10.1. The van der Waals surface area contributed by atoms with Gasteiger partial charge in [0, 0.05) is 18.8 Å². The fraction of sp³-hybridized carbons (Fsp3) is 0.455. The van der Waals surface area contributed by atoms with Gasteiger partial charge in [-0.2, -0.15) is 0 Å².